The Kier molecular flexibility index (Phi) is 6.14. The number of rotatable bonds is 7. The fourth-order valence-corrected chi connectivity index (χ4v) is 2.38. The van der Waals surface area contributed by atoms with Crippen LogP contribution in [-0.2, 0) is 9.13 Å². The van der Waals surface area contributed by atoms with E-state index < -0.39 is 15.0 Å². The van der Waals surface area contributed by atoms with Gasteiger partial charge in [-0.2, -0.15) is 0 Å². The molecule has 0 radical (unpaired) electrons. The molecule has 14 heavy (non-hydrogen) atoms. The molecule has 0 aromatic rings. The summed E-state index contributed by atoms with van der Waals surface area (Å²) in [6.45, 7) is 0. The molecule has 6 N–H and O–H groups in total. The Balaban J connectivity index is 3.32. The van der Waals surface area contributed by atoms with Crippen LogP contribution in [0, 0.1) is 0 Å². The van der Waals surface area contributed by atoms with Gasteiger partial charge < -0.3 is 9.79 Å². The van der Waals surface area contributed by atoms with E-state index in [1.807, 2.05) is 0 Å². The zero-order valence-electron chi connectivity index (χ0n) is 8.00. The van der Waals surface area contributed by atoms with Gasteiger partial charge in [-0.15, -0.1) is 0 Å². The standard InChI is InChI=1S/C6H18N2O4P2/c7-13(9,10)5-3-1-2-4-6-14(8,11)12/h1-6H2,(H3,7,9,10)(H3,8,11,12). The van der Waals surface area contributed by atoms with Crippen LogP contribution in [0.1, 0.15) is 25.7 Å². The zero-order chi connectivity index (χ0) is 11.2. The highest BCUT2D eigenvalue weighted by Gasteiger charge is 2.11. The van der Waals surface area contributed by atoms with E-state index >= 15 is 0 Å². The average molecular weight is 244 g/mol. The molecule has 0 aromatic carbocycles. The van der Waals surface area contributed by atoms with Gasteiger partial charge in [-0.1, -0.05) is 12.8 Å². The fraction of sp³-hybridized carbons (Fsp3) is 1.00. The van der Waals surface area contributed by atoms with E-state index in [-0.39, 0.29) is 12.3 Å². The second-order valence-corrected chi connectivity index (χ2v) is 7.29. The first-order valence-corrected chi connectivity index (χ1v) is 8.24. The van der Waals surface area contributed by atoms with Gasteiger partial charge in [0.05, 0.1) is 0 Å². The zero-order valence-corrected chi connectivity index (χ0v) is 9.79. The molecule has 0 aromatic heterocycles. The van der Waals surface area contributed by atoms with Crippen LogP contribution in [0.25, 0.3) is 0 Å². The lowest BCUT2D eigenvalue weighted by atomic mass is 10.2. The maximum atomic E-state index is 10.6. The van der Waals surface area contributed by atoms with Crippen molar-refractivity contribution in [2.45, 2.75) is 25.7 Å². The number of nitrogens with two attached hydrogens (primary N) is 2. The van der Waals surface area contributed by atoms with Crippen molar-refractivity contribution < 1.29 is 18.9 Å². The minimum absolute atomic E-state index is 0.104. The number of hydrogen-bond donors (Lipinski definition) is 4. The molecular weight excluding hydrogens is 226 g/mol. The summed E-state index contributed by atoms with van der Waals surface area (Å²) < 4.78 is 21.3. The summed E-state index contributed by atoms with van der Waals surface area (Å²) in [5.41, 5.74) is 9.85. The van der Waals surface area contributed by atoms with Crippen molar-refractivity contribution in [3.05, 3.63) is 0 Å². The first-order chi connectivity index (χ1) is 6.21. The summed E-state index contributed by atoms with van der Waals surface area (Å²) in [4.78, 5) is 17.5. The third kappa shape index (κ3) is 12.3. The molecule has 0 aliphatic heterocycles. The lowest BCUT2D eigenvalue weighted by Crippen LogP contribution is -2.00. The smallest absolute Gasteiger partial charge is 0.264 e. The van der Waals surface area contributed by atoms with Gasteiger partial charge in [-0.3, -0.25) is 20.1 Å². The molecule has 2 atom stereocenters. The summed E-state index contributed by atoms with van der Waals surface area (Å²) in [6, 6.07) is 0. The quantitative estimate of drug-likeness (QED) is 0.388. The van der Waals surface area contributed by atoms with Crippen LogP contribution in [0.15, 0.2) is 0 Å². The Bertz CT molecular complexity index is 220. The molecule has 8 heteroatoms. The Hall–Kier alpha value is 0.300. The van der Waals surface area contributed by atoms with Crippen LogP contribution in [0.2, 0.25) is 0 Å². The number of unbranched alkanes of at least 4 members (excludes halogenated alkanes) is 3. The van der Waals surface area contributed by atoms with Crippen LogP contribution in [-0.4, -0.2) is 22.1 Å². The SMILES string of the molecule is NP(=O)(O)CCCCCCP(N)(=O)O. The minimum atomic E-state index is -3.38. The Labute approximate surface area is 83.7 Å². The first kappa shape index (κ1) is 14.3. The minimum Gasteiger partial charge on any atom is -0.333 e. The topological polar surface area (TPSA) is 127 Å². The third-order valence-corrected chi connectivity index (χ3v) is 3.62. The molecule has 0 aliphatic rings. The molecule has 0 amide bonds. The van der Waals surface area contributed by atoms with Gasteiger partial charge in [0.2, 0.25) is 0 Å². The van der Waals surface area contributed by atoms with Gasteiger partial charge in [-0.25, -0.2) is 0 Å². The molecular formula is C6H18N2O4P2. The highest BCUT2D eigenvalue weighted by atomic mass is 31.2. The van der Waals surface area contributed by atoms with E-state index in [0.717, 1.165) is 12.8 Å². The summed E-state index contributed by atoms with van der Waals surface area (Å²) in [7, 11) is -6.75. The molecule has 0 fully saturated rings. The third-order valence-electron chi connectivity index (χ3n) is 1.71. The van der Waals surface area contributed by atoms with Crippen LogP contribution >= 0.6 is 15.0 Å². The maximum Gasteiger partial charge on any atom is 0.264 e. The molecule has 0 heterocycles. The Morgan fingerprint density at radius 1 is 0.786 bits per heavy atom. The highest BCUT2D eigenvalue weighted by molar-refractivity contribution is 7.55. The van der Waals surface area contributed by atoms with Crippen molar-refractivity contribution >= 4 is 15.0 Å². The van der Waals surface area contributed by atoms with E-state index in [4.69, 9.17) is 20.8 Å². The second-order valence-electron chi connectivity index (χ2n) is 3.37. The lowest BCUT2D eigenvalue weighted by Gasteiger charge is -2.05. The molecule has 0 saturated heterocycles. The van der Waals surface area contributed by atoms with Gasteiger partial charge in [0.25, 0.3) is 15.0 Å². The molecule has 0 aliphatic carbocycles. The van der Waals surface area contributed by atoms with Crippen molar-refractivity contribution in [1.29, 1.82) is 0 Å². The van der Waals surface area contributed by atoms with Gasteiger partial charge in [0.15, 0.2) is 0 Å². The van der Waals surface area contributed by atoms with Crippen molar-refractivity contribution in [2.75, 3.05) is 12.3 Å². The first-order valence-electron chi connectivity index (χ1n) is 4.41. The van der Waals surface area contributed by atoms with E-state index in [2.05, 4.69) is 0 Å². The molecule has 0 saturated carbocycles. The molecule has 0 rings (SSSR count). The van der Waals surface area contributed by atoms with E-state index in [9.17, 15) is 9.13 Å². The summed E-state index contributed by atoms with van der Waals surface area (Å²) in [6.07, 6.45) is 2.78. The largest absolute Gasteiger partial charge is 0.333 e. The summed E-state index contributed by atoms with van der Waals surface area (Å²) in [5.74, 6) is 0. The predicted octanol–water partition coefficient (Wildman–Crippen LogP) is 0.835. The van der Waals surface area contributed by atoms with Gasteiger partial charge in [0.1, 0.15) is 0 Å². The summed E-state index contributed by atoms with van der Waals surface area (Å²) in [5, 5.41) is 0. The Morgan fingerprint density at radius 2 is 1.07 bits per heavy atom. The fourth-order valence-electron chi connectivity index (χ4n) is 1.03. The van der Waals surface area contributed by atoms with Crippen molar-refractivity contribution in [1.82, 2.24) is 0 Å². The van der Waals surface area contributed by atoms with E-state index in [1.54, 1.807) is 0 Å². The van der Waals surface area contributed by atoms with Gasteiger partial charge >= 0.3 is 0 Å². The highest BCUT2D eigenvalue weighted by Crippen LogP contribution is 2.33. The van der Waals surface area contributed by atoms with E-state index in [1.165, 1.54) is 0 Å². The monoisotopic (exact) mass is 244 g/mol. The van der Waals surface area contributed by atoms with Crippen molar-refractivity contribution in [2.24, 2.45) is 11.0 Å². The molecule has 0 bridgehead atoms. The van der Waals surface area contributed by atoms with Crippen LogP contribution in [0.3, 0.4) is 0 Å². The molecule has 0 spiro atoms. The maximum absolute atomic E-state index is 10.6. The van der Waals surface area contributed by atoms with Crippen molar-refractivity contribution in [3.8, 4) is 0 Å². The van der Waals surface area contributed by atoms with Crippen LogP contribution < -0.4 is 11.0 Å². The second kappa shape index (κ2) is 6.01. The number of hydrogen-bond acceptors (Lipinski definition) is 2. The average Bonchev–Trinajstić information content (AvgIpc) is 1.92. The van der Waals surface area contributed by atoms with Gasteiger partial charge in [-0.05, 0) is 12.8 Å². The summed E-state index contributed by atoms with van der Waals surface area (Å²) >= 11 is 0. The van der Waals surface area contributed by atoms with Gasteiger partial charge in [0, 0.05) is 12.3 Å². The van der Waals surface area contributed by atoms with Crippen LogP contribution in [0.5, 0.6) is 0 Å². The normalized spacial score (nSPS) is 20.0. The molecule has 86 valence electrons. The van der Waals surface area contributed by atoms with Crippen LogP contribution in [0.4, 0.5) is 0 Å². The van der Waals surface area contributed by atoms with E-state index in [0.29, 0.717) is 12.8 Å². The van der Waals surface area contributed by atoms with Crippen molar-refractivity contribution in [3.63, 3.8) is 0 Å². The lowest BCUT2D eigenvalue weighted by molar-refractivity contribution is 0.470. The molecule has 6 nitrogen and oxygen atoms in total. The predicted molar refractivity (Wildman–Crippen MR) is 56.2 cm³/mol. The molecule has 2 unspecified atom stereocenters. The Morgan fingerprint density at radius 3 is 1.29 bits per heavy atom.